The van der Waals surface area contributed by atoms with Gasteiger partial charge < -0.3 is 15.5 Å². The Morgan fingerprint density at radius 1 is 1.23 bits per heavy atom. The number of carbonyl (C=O) groups excluding carboxylic acids is 1. The quantitative estimate of drug-likeness (QED) is 0.725. The molecule has 1 unspecified atom stereocenters. The van der Waals surface area contributed by atoms with Crippen LogP contribution in [0.15, 0.2) is 0 Å². The smallest absolute Gasteiger partial charge is 0.315 e. The summed E-state index contributed by atoms with van der Waals surface area (Å²) in [7, 11) is -0.845. The Kier molecular flexibility index (Phi) is 5.34. The molecule has 0 saturated carbocycles. The third-order valence-corrected chi connectivity index (χ3v) is 6.38. The molecule has 0 aromatic heterocycles. The highest BCUT2D eigenvalue weighted by Gasteiger charge is 2.31. The summed E-state index contributed by atoms with van der Waals surface area (Å²) in [5, 5.41) is 5.65. The van der Waals surface area contributed by atoms with Crippen molar-refractivity contribution in [3.63, 3.8) is 0 Å². The zero-order valence-corrected chi connectivity index (χ0v) is 14.6. The highest BCUT2D eigenvalue weighted by Crippen LogP contribution is 2.16. The molecule has 2 aliphatic rings. The first-order chi connectivity index (χ1) is 10.2. The molecule has 0 aromatic rings. The number of piperazine rings is 1. The molecule has 2 fully saturated rings. The summed E-state index contributed by atoms with van der Waals surface area (Å²) in [5.41, 5.74) is -0.111. The molecule has 22 heavy (non-hydrogen) atoms. The van der Waals surface area contributed by atoms with Gasteiger partial charge in [0.1, 0.15) is 0 Å². The third-order valence-electron chi connectivity index (χ3n) is 4.61. The van der Waals surface area contributed by atoms with E-state index in [4.69, 9.17) is 0 Å². The number of hydrogen-bond donors (Lipinski definition) is 2. The van der Waals surface area contributed by atoms with Crippen molar-refractivity contribution in [3.8, 4) is 0 Å². The maximum absolute atomic E-state index is 11.9. The van der Waals surface area contributed by atoms with E-state index in [-0.39, 0.29) is 29.1 Å². The van der Waals surface area contributed by atoms with Gasteiger partial charge in [-0.15, -0.1) is 0 Å². The maximum Gasteiger partial charge on any atom is 0.315 e. The van der Waals surface area contributed by atoms with Crippen molar-refractivity contribution < 1.29 is 13.2 Å². The molecular formula is C14H28N4O3S. The van der Waals surface area contributed by atoms with Gasteiger partial charge in [-0.1, -0.05) is 0 Å². The van der Waals surface area contributed by atoms with Gasteiger partial charge in [-0.25, -0.2) is 13.2 Å². The van der Waals surface area contributed by atoms with E-state index in [0.717, 1.165) is 26.2 Å². The minimum Gasteiger partial charge on any atom is -0.336 e. The molecule has 0 radical (unpaired) electrons. The Morgan fingerprint density at radius 3 is 2.41 bits per heavy atom. The average molecular weight is 332 g/mol. The van der Waals surface area contributed by atoms with Crippen LogP contribution in [0.5, 0.6) is 0 Å². The van der Waals surface area contributed by atoms with Gasteiger partial charge in [-0.05, 0) is 27.3 Å². The first kappa shape index (κ1) is 17.5. The summed E-state index contributed by atoms with van der Waals surface area (Å²) in [6.45, 7) is 8.85. The van der Waals surface area contributed by atoms with Crippen LogP contribution in [0.4, 0.5) is 4.79 Å². The van der Waals surface area contributed by atoms with Crippen LogP contribution in [0.25, 0.3) is 0 Å². The Labute approximate surface area is 133 Å². The lowest BCUT2D eigenvalue weighted by Gasteiger charge is -2.43. The fourth-order valence-electron chi connectivity index (χ4n) is 2.97. The second-order valence-corrected chi connectivity index (χ2v) is 9.26. The second kappa shape index (κ2) is 6.72. The van der Waals surface area contributed by atoms with Crippen molar-refractivity contribution in [1.29, 1.82) is 0 Å². The second-order valence-electron chi connectivity index (χ2n) is 7.03. The molecule has 2 N–H and O–H groups in total. The molecule has 2 saturated heterocycles. The lowest BCUT2D eigenvalue weighted by Crippen LogP contribution is -2.58. The molecule has 7 nitrogen and oxygen atoms in total. The third kappa shape index (κ3) is 4.82. The summed E-state index contributed by atoms with van der Waals surface area (Å²) in [4.78, 5) is 16.6. The standard InChI is InChI=1S/C14H28N4O3S/c1-14(2,18-7-5-17(3)6-8-18)11-15-13(19)16-12-4-9-22(20,21)10-12/h12H,4-11H2,1-3H3,(H2,15,16,19). The van der Waals surface area contributed by atoms with E-state index in [1.807, 2.05) is 0 Å². The van der Waals surface area contributed by atoms with Gasteiger partial charge in [-0.2, -0.15) is 0 Å². The first-order valence-corrected chi connectivity index (χ1v) is 9.68. The number of urea groups is 1. The topological polar surface area (TPSA) is 81.8 Å². The van der Waals surface area contributed by atoms with Crippen LogP contribution >= 0.6 is 0 Å². The van der Waals surface area contributed by atoms with Crippen LogP contribution in [-0.2, 0) is 9.84 Å². The van der Waals surface area contributed by atoms with E-state index >= 15 is 0 Å². The Balaban J connectivity index is 1.75. The minimum atomic E-state index is -2.96. The Bertz CT molecular complexity index is 498. The fourth-order valence-corrected chi connectivity index (χ4v) is 4.64. The molecule has 8 heteroatoms. The molecular weight excluding hydrogens is 304 g/mol. The van der Waals surface area contributed by atoms with Crippen molar-refractivity contribution in [2.75, 3.05) is 51.3 Å². The van der Waals surface area contributed by atoms with Crippen molar-refractivity contribution in [2.45, 2.75) is 31.8 Å². The number of carbonyl (C=O) groups is 1. The summed E-state index contributed by atoms with van der Waals surface area (Å²) in [5.74, 6) is 0.229. The van der Waals surface area contributed by atoms with E-state index in [9.17, 15) is 13.2 Å². The molecule has 2 amide bonds. The van der Waals surface area contributed by atoms with E-state index in [2.05, 4.69) is 41.3 Å². The molecule has 0 aliphatic carbocycles. The number of rotatable bonds is 4. The average Bonchev–Trinajstić information content (AvgIpc) is 2.76. The minimum absolute atomic E-state index is 0.0578. The molecule has 2 rings (SSSR count). The highest BCUT2D eigenvalue weighted by molar-refractivity contribution is 7.91. The number of hydrogen-bond acceptors (Lipinski definition) is 5. The molecule has 2 aliphatic heterocycles. The van der Waals surface area contributed by atoms with E-state index in [1.54, 1.807) is 0 Å². The number of nitrogens with zero attached hydrogens (tertiary/aromatic N) is 2. The van der Waals surface area contributed by atoms with Gasteiger partial charge in [0.15, 0.2) is 9.84 Å². The van der Waals surface area contributed by atoms with Crippen molar-refractivity contribution in [2.24, 2.45) is 0 Å². The summed E-state index contributed by atoms with van der Waals surface area (Å²) in [6.07, 6.45) is 0.512. The molecule has 0 spiro atoms. The largest absolute Gasteiger partial charge is 0.336 e. The summed E-state index contributed by atoms with van der Waals surface area (Å²) < 4.78 is 22.8. The van der Waals surface area contributed by atoms with Crippen LogP contribution in [-0.4, -0.2) is 87.1 Å². The van der Waals surface area contributed by atoms with Gasteiger partial charge in [0.2, 0.25) is 0 Å². The van der Waals surface area contributed by atoms with E-state index in [1.165, 1.54) is 0 Å². The van der Waals surface area contributed by atoms with Gasteiger partial charge >= 0.3 is 6.03 Å². The molecule has 0 bridgehead atoms. The van der Waals surface area contributed by atoms with E-state index < -0.39 is 9.84 Å². The molecule has 2 heterocycles. The highest BCUT2D eigenvalue weighted by atomic mass is 32.2. The first-order valence-electron chi connectivity index (χ1n) is 7.86. The summed E-state index contributed by atoms with van der Waals surface area (Å²) >= 11 is 0. The molecule has 128 valence electrons. The van der Waals surface area contributed by atoms with Crippen LogP contribution in [0, 0.1) is 0 Å². The lowest BCUT2D eigenvalue weighted by atomic mass is 10.0. The fraction of sp³-hybridized carbons (Fsp3) is 0.929. The van der Waals surface area contributed by atoms with Gasteiger partial charge in [0, 0.05) is 44.3 Å². The van der Waals surface area contributed by atoms with Crippen LogP contribution in [0.3, 0.4) is 0 Å². The van der Waals surface area contributed by atoms with Crippen LogP contribution in [0.2, 0.25) is 0 Å². The van der Waals surface area contributed by atoms with E-state index in [0.29, 0.717) is 13.0 Å². The predicted octanol–water partition coefficient (Wildman–Crippen LogP) is -0.501. The maximum atomic E-state index is 11.9. The SMILES string of the molecule is CN1CCN(C(C)(C)CNC(=O)NC2CCS(=O)(=O)C2)CC1. The molecule has 0 aromatic carbocycles. The van der Waals surface area contributed by atoms with Crippen LogP contribution in [0.1, 0.15) is 20.3 Å². The predicted molar refractivity (Wildman–Crippen MR) is 86.7 cm³/mol. The van der Waals surface area contributed by atoms with Gasteiger partial charge in [-0.3, -0.25) is 4.90 Å². The number of amides is 2. The Morgan fingerprint density at radius 2 is 1.86 bits per heavy atom. The number of sulfone groups is 1. The van der Waals surface area contributed by atoms with Crippen molar-refractivity contribution >= 4 is 15.9 Å². The zero-order chi connectivity index (χ0) is 16.4. The molecule has 1 atom stereocenters. The van der Waals surface area contributed by atoms with Gasteiger partial charge in [0.25, 0.3) is 0 Å². The monoisotopic (exact) mass is 332 g/mol. The lowest BCUT2D eigenvalue weighted by molar-refractivity contribution is 0.0633. The summed E-state index contributed by atoms with van der Waals surface area (Å²) in [6, 6.07) is -0.527. The van der Waals surface area contributed by atoms with Gasteiger partial charge in [0.05, 0.1) is 11.5 Å². The number of likely N-dealkylation sites (N-methyl/N-ethyl adjacent to an activating group) is 1. The van der Waals surface area contributed by atoms with Crippen molar-refractivity contribution in [3.05, 3.63) is 0 Å². The normalized spacial score (nSPS) is 26.8. The van der Waals surface area contributed by atoms with Crippen molar-refractivity contribution in [1.82, 2.24) is 20.4 Å². The zero-order valence-electron chi connectivity index (χ0n) is 13.8. The Hall–Kier alpha value is -0.860. The number of nitrogens with one attached hydrogen (secondary N) is 2. The van der Waals surface area contributed by atoms with Crippen LogP contribution < -0.4 is 10.6 Å².